The average molecular weight is 332 g/mol. The second-order valence-corrected chi connectivity index (χ2v) is 6.13. The van der Waals surface area contributed by atoms with Gasteiger partial charge in [0.15, 0.2) is 0 Å². The first-order valence-electron chi connectivity index (χ1n) is 8.47. The maximum absolute atomic E-state index is 12.3. The van der Waals surface area contributed by atoms with E-state index in [1.807, 2.05) is 25.1 Å². The number of hydrogen-bond donors (Lipinski definition) is 3. The lowest BCUT2D eigenvalue weighted by Gasteiger charge is -2.19. The highest BCUT2D eigenvalue weighted by Crippen LogP contribution is 2.31. The van der Waals surface area contributed by atoms with Gasteiger partial charge in [-0.2, -0.15) is 0 Å². The van der Waals surface area contributed by atoms with Gasteiger partial charge in [-0.1, -0.05) is 6.07 Å². The third kappa shape index (κ3) is 3.37. The number of carbonyl (C=O) groups is 2. The van der Waals surface area contributed by atoms with Crippen LogP contribution in [-0.2, 0) is 16.0 Å². The molecule has 1 fully saturated rings. The number of amides is 3. The number of nitrogens with one attached hydrogen (secondary N) is 2. The summed E-state index contributed by atoms with van der Waals surface area (Å²) in [7, 11) is 0. The van der Waals surface area contributed by atoms with E-state index in [9.17, 15) is 9.59 Å². The van der Waals surface area contributed by atoms with E-state index in [4.69, 9.17) is 10.5 Å². The van der Waals surface area contributed by atoms with Crippen LogP contribution in [0.3, 0.4) is 0 Å². The van der Waals surface area contributed by atoms with Crippen molar-refractivity contribution in [3.05, 3.63) is 23.8 Å². The van der Waals surface area contributed by atoms with Gasteiger partial charge in [0.1, 0.15) is 6.10 Å². The number of carbonyl (C=O) groups excluding carboxylic acids is 2. The van der Waals surface area contributed by atoms with Crippen LogP contribution < -0.4 is 21.3 Å². The van der Waals surface area contributed by atoms with Gasteiger partial charge < -0.3 is 21.1 Å². The second-order valence-electron chi connectivity index (χ2n) is 6.13. The van der Waals surface area contributed by atoms with Gasteiger partial charge in [0.05, 0.1) is 11.8 Å². The Balaban J connectivity index is 1.69. The van der Waals surface area contributed by atoms with Crippen LogP contribution in [0.5, 0.6) is 0 Å². The molecule has 0 saturated carbocycles. The Morgan fingerprint density at radius 3 is 2.92 bits per heavy atom. The highest BCUT2D eigenvalue weighted by Gasteiger charge is 2.30. The first-order chi connectivity index (χ1) is 11.6. The molecular formula is C17H24N4O3. The lowest BCUT2D eigenvalue weighted by Crippen LogP contribution is -2.38. The first-order valence-corrected chi connectivity index (χ1v) is 8.47. The van der Waals surface area contributed by atoms with Gasteiger partial charge >= 0.3 is 6.03 Å². The Bertz CT molecular complexity index is 634. The molecule has 130 valence electrons. The molecule has 2 atom stereocenters. The van der Waals surface area contributed by atoms with Crippen LogP contribution in [0, 0.1) is 0 Å². The third-order valence-corrected chi connectivity index (χ3v) is 4.48. The smallest absolute Gasteiger partial charge is 0.321 e. The Morgan fingerprint density at radius 2 is 2.21 bits per heavy atom. The summed E-state index contributed by atoms with van der Waals surface area (Å²) >= 11 is 0. The van der Waals surface area contributed by atoms with E-state index in [-0.39, 0.29) is 18.0 Å². The average Bonchev–Trinajstić information content (AvgIpc) is 3.21. The molecule has 1 saturated heterocycles. The van der Waals surface area contributed by atoms with Crippen LogP contribution in [0.4, 0.5) is 16.2 Å². The SMILES string of the molecule is CCNC(=O)N1CCc2ccc(NC(=O)[C@@H]3CC[C@H](CN)O3)cc21. The van der Waals surface area contributed by atoms with Crippen LogP contribution in [-0.4, -0.2) is 43.8 Å². The highest BCUT2D eigenvalue weighted by molar-refractivity contribution is 5.98. The van der Waals surface area contributed by atoms with Gasteiger partial charge in [0, 0.05) is 25.3 Å². The summed E-state index contributed by atoms with van der Waals surface area (Å²) < 4.78 is 5.62. The van der Waals surface area contributed by atoms with E-state index < -0.39 is 6.10 Å². The summed E-state index contributed by atoms with van der Waals surface area (Å²) in [6, 6.07) is 5.57. The minimum atomic E-state index is -0.453. The zero-order chi connectivity index (χ0) is 17.1. The summed E-state index contributed by atoms with van der Waals surface area (Å²) in [5.74, 6) is -0.159. The van der Waals surface area contributed by atoms with Gasteiger partial charge in [-0.3, -0.25) is 9.69 Å². The molecule has 1 aromatic rings. The van der Waals surface area contributed by atoms with Gasteiger partial charge in [-0.05, 0) is 43.9 Å². The topological polar surface area (TPSA) is 96.7 Å². The van der Waals surface area contributed by atoms with Crippen molar-refractivity contribution < 1.29 is 14.3 Å². The van der Waals surface area contributed by atoms with E-state index in [0.717, 1.165) is 24.1 Å². The Labute approximate surface area is 141 Å². The van der Waals surface area contributed by atoms with Gasteiger partial charge in [-0.15, -0.1) is 0 Å². The predicted molar refractivity (Wildman–Crippen MR) is 92.1 cm³/mol. The molecule has 0 radical (unpaired) electrons. The molecule has 7 nitrogen and oxygen atoms in total. The number of rotatable bonds is 4. The number of nitrogens with zero attached hydrogens (tertiary/aromatic N) is 1. The molecule has 2 aliphatic rings. The molecule has 0 unspecified atom stereocenters. The van der Waals surface area contributed by atoms with Crippen molar-refractivity contribution in [3.63, 3.8) is 0 Å². The van der Waals surface area contributed by atoms with E-state index in [1.54, 1.807) is 4.90 Å². The van der Waals surface area contributed by atoms with Crippen LogP contribution in [0.2, 0.25) is 0 Å². The second kappa shape index (κ2) is 7.19. The van der Waals surface area contributed by atoms with Crippen LogP contribution in [0.1, 0.15) is 25.3 Å². The van der Waals surface area contributed by atoms with E-state index in [2.05, 4.69) is 10.6 Å². The predicted octanol–water partition coefficient (Wildman–Crippen LogP) is 1.22. The Hall–Kier alpha value is -2.12. The lowest BCUT2D eigenvalue weighted by atomic mass is 10.1. The molecule has 7 heteroatoms. The van der Waals surface area contributed by atoms with Crippen molar-refractivity contribution in [1.29, 1.82) is 0 Å². The maximum atomic E-state index is 12.3. The minimum Gasteiger partial charge on any atom is -0.364 e. The van der Waals surface area contributed by atoms with Crippen LogP contribution in [0.25, 0.3) is 0 Å². The molecule has 2 aliphatic heterocycles. The van der Waals surface area contributed by atoms with Crippen molar-refractivity contribution in [2.75, 3.05) is 29.9 Å². The largest absolute Gasteiger partial charge is 0.364 e. The number of benzene rings is 1. The molecule has 2 heterocycles. The molecular weight excluding hydrogens is 308 g/mol. The quantitative estimate of drug-likeness (QED) is 0.772. The van der Waals surface area contributed by atoms with E-state index in [0.29, 0.717) is 31.7 Å². The minimum absolute atomic E-state index is 0.0333. The van der Waals surface area contributed by atoms with Crippen molar-refractivity contribution in [2.45, 2.75) is 38.4 Å². The fraction of sp³-hybridized carbons (Fsp3) is 0.529. The van der Waals surface area contributed by atoms with Crippen molar-refractivity contribution in [1.82, 2.24) is 5.32 Å². The number of fused-ring (bicyclic) bond motifs is 1. The molecule has 24 heavy (non-hydrogen) atoms. The maximum Gasteiger partial charge on any atom is 0.321 e. The number of anilines is 2. The van der Waals surface area contributed by atoms with Crippen molar-refractivity contribution in [3.8, 4) is 0 Å². The molecule has 0 aromatic heterocycles. The molecule has 0 aliphatic carbocycles. The molecule has 3 amide bonds. The van der Waals surface area contributed by atoms with Crippen molar-refractivity contribution >= 4 is 23.3 Å². The Morgan fingerprint density at radius 1 is 1.38 bits per heavy atom. The molecule has 3 rings (SSSR count). The van der Waals surface area contributed by atoms with Gasteiger partial charge in [0.2, 0.25) is 0 Å². The number of ether oxygens (including phenoxy) is 1. The van der Waals surface area contributed by atoms with Crippen LogP contribution in [0.15, 0.2) is 18.2 Å². The molecule has 0 bridgehead atoms. The van der Waals surface area contributed by atoms with E-state index >= 15 is 0 Å². The normalized spacial score (nSPS) is 22.3. The standard InChI is InChI=1S/C17H24N4O3/c1-2-19-17(23)21-8-7-11-3-4-12(9-14(11)21)20-16(22)15-6-5-13(10-18)24-15/h3-4,9,13,15H,2,5-8,10,18H2,1H3,(H,19,23)(H,20,22)/t13-,15+/m1/s1. The van der Waals surface area contributed by atoms with Gasteiger partial charge in [0.25, 0.3) is 5.91 Å². The zero-order valence-corrected chi connectivity index (χ0v) is 13.9. The molecule has 0 spiro atoms. The monoisotopic (exact) mass is 332 g/mol. The number of urea groups is 1. The Kier molecular flexibility index (Phi) is 5.01. The fourth-order valence-electron chi connectivity index (χ4n) is 3.21. The summed E-state index contributed by atoms with van der Waals surface area (Å²) in [5, 5.41) is 5.70. The molecule has 4 N–H and O–H groups in total. The highest BCUT2D eigenvalue weighted by atomic mass is 16.5. The fourth-order valence-corrected chi connectivity index (χ4v) is 3.21. The summed E-state index contributed by atoms with van der Waals surface area (Å²) in [6.45, 7) is 3.57. The lowest BCUT2D eigenvalue weighted by molar-refractivity contribution is -0.126. The van der Waals surface area contributed by atoms with Gasteiger partial charge in [-0.25, -0.2) is 4.79 Å². The number of hydrogen-bond acceptors (Lipinski definition) is 4. The zero-order valence-electron chi connectivity index (χ0n) is 13.9. The summed E-state index contributed by atoms with van der Waals surface area (Å²) in [4.78, 5) is 26.2. The van der Waals surface area contributed by atoms with Crippen LogP contribution >= 0.6 is 0 Å². The van der Waals surface area contributed by atoms with E-state index in [1.165, 1.54) is 0 Å². The summed E-state index contributed by atoms with van der Waals surface area (Å²) in [6.07, 6.45) is 1.83. The molecule has 1 aromatic carbocycles. The summed E-state index contributed by atoms with van der Waals surface area (Å²) in [5.41, 5.74) is 8.22. The first kappa shape index (κ1) is 16.7. The third-order valence-electron chi connectivity index (χ3n) is 4.48. The number of nitrogens with two attached hydrogens (primary N) is 1. The van der Waals surface area contributed by atoms with Crippen molar-refractivity contribution in [2.24, 2.45) is 5.73 Å².